The molecule has 1 fully saturated rings. The fourth-order valence-electron chi connectivity index (χ4n) is 2.65. The van der Waals surface area contributed by atoms with Crippen LogP contribution in [0.15, 0.2) is 35.3 Å². The van der Waals surface area contributed by atoms with Crippen LogP contribution in [0.2, 0.25) is 0 Å². The normalized spacial score (nSPS) is 28.7. The van der Waals surface area contributed by atoms with E-state index in [1.807, 2.05) is 36.6 Å². The van der Waals surface area contributed by atoms with E-state index in [2.05, 4.69) is 4.99 Å². The highest BCUT2D eigenvalue weighted by atomic mass is 32.2. The molecule has 5 heteroatoms. The molecule has 1 saturated carbocycles. The van der Waals surface area contributed by atoms with Crippen LogP contribution in [0.3, 0.4) is 0 Å². The van der Waals surface area contributed by atoms with Crippen LogP contribution in [0.4, 0.5) is 0 Å². The summed E-state index contributed by atoms with van der Waals surface area (Å²) in [6, 6.07) is 9.90. The van der Waals surface area contributed by atoms with E-state index in [-0.39, 0.29) is 17.7 Å². The molecular formula is C14H14N2O2S. The fourth-order valence-corrected chi connectivity index (χ4v) is 3.30. The zero-order chi connectivity index (χ0) is 13.6. The molecule has 2 aliphatic rings. The summed E-state index contributed by atoms with van der Waals surface area (Å²) in [6.07, 6.45) is 2.53. The van der Waals surface area contributed by atoms with E-state index in [4.69, 9.17) is 0 Å². The van der Waals surface area contributed by atoms with E-state index >= 15 is 0 Å². The van der Waals surface area contributed by atoms with Crippen molar-refractivity contribution in [1.82, 2.24) is 4.90 Å². The van der Waals surface area contributed by atoms with Crippen molar-refractivity contribution in [3.8, 4) is 0 Å². The van der Waals surface area contributed by atoms with E-state index in [9.17, 15) is 9.59 Å². The summed E-state index contributed by atoms with van der Waals surface area (Å²) in [5.74, 6) is -0.320. The van der Waals surface area contributed by atoms with Gasteiger partial charge in [-0.25, -0.2) is 9.89 Å². The quantitative estimate of drug-likeness (QED) is 0.787. The zero-order valence-electron chi connectivity index (χ0n) is 10.8. The van der Waals surface area contributed by atoms with Gasteiger partial charge in [0.1, 0.15) is 0 Å². The summed E-state index contributed by atoms with van der Waals surface area (Å²) in [4.78, 5) is 29.8. The highest BCUT2D eigenvalue weighted by Gasteiger charge is 2.66. The molecule has 3 rings (SSSR count). The Hall–Kier alpha value is -1.62. The van der Waals surface area contributed by atoms with E-state index in [1.54, 1.807) is 0 Å². The number of amidine groups is 1. The standard InChI is InChI=1S/C14H14N2O2S/c1-9(17)16-12(18)14(15-13(16)19-2)8-11(14)10-6-4-3-5-7-10/h3-7,11H,8H2,1-2H3/t11-,14?/m1/s1. The first-order valence-corrected chi connectivity index (χ1v) is 7.36. The zero-order valence-corrected chi connectivity index (χ0v) is 11.6. The molecule has 1 aliphatic heterocycles. The minimum Gasteiger partial charge on any atom is -0.274 e. The second-order valence-corrected chi connectivity index (χ2v) is 5.62. The van der Waals surface area contributed by atoms with Crippen LogP contribution in [-0.2, 0) is 9.59 Å². The topological polar surface area (TPSA) is 49.7 Å². The number of benzene rings is 1. The molecule has 2 atom stereocenters. The van der Waals surface area contributed by atoms with Crippen LogP contribution in [0, 0.1) is 0 Å². The van der Waals surface area contributed by atoms with Crippen molar-refractivity contribution in [1.29, 1.82) is 0 Å². The number of nitrogens with zero attached hydrogens (tertiary/aromatic N) is 2. The number of hydrogen-bond acceptors (Lipinski definition) is 4. The molecule has 1 unspecified atom stereocenters. The lowest BCUT2D eigenvalue weighted by molar-refractivity contribution is -0.138. The summed E-state index contributed by atoms with van der Waals surface area (Å²) < 4.78 is 0. The molecule has 1 aliphatic carbocycles. The van der Waals surface area contributed by atoms with Gasteiger partial charge in [0.2, 0.25) is 5.91 Å². The number of amides is 2. The Bertz CT molecular complexity index is 584. The van der Waals surface area contributed by atoms with Gasteiger partial charge >= 0.3 is 0 Å². The third-order valence-corrected chi connectivity index (χ3v) is 4.33. The number of rotatable bonds is 1. The molecular weight excluding hydrogens is 260 g/mol. The molecule has 0 radical (unpaired) electrons. The van der Waals surface area contributed by atoms with Gasteiger partial charge in [-0.1, -0.05) is 42.1 Å². The number of carbonyl (C=O) groups excluding carboxylic acids is 2. The number of carbonyl (C=O) groups is 2. The van der Waals surface area contributed by atoms with Gasteiger partial charge in [0.25, 0.3) is 5.91 Å². The molecule has 98 valence electrons. The van der Waals surface area contributed by atoms with Gasteiger partial charge in [-0.2, -0.15) is 0 Å². The molecule has 1 aromatic carbocycles. The average molecular weight is 274 g/mol. The fraction of sp³-hybridized carbons (Fsp3) is 0.357. The molecule has 4 nitrogen and oxygen atoms in total. The van der Waals surface area contributed by atoms with Gasteiger partial charge in [0.15, 0.2) is 10.7 Å². The lowest BCUT2D eigenvalue weighted by Crippen LogP contribution is -2.38. The summed E-state index contributed by atoms with van der Waals surface area (Å²) in [7, 11) is 0. The second kappa shape index (κ2) is 4.20. The van der Waals surface area contributed by atoms with Gasteiger partial charge in [-0.3, -0.25) is 9.59 Å². The first-order chi connectivity index (χ1) is 9.10. The van der Waals surface area contributed by atoms with Crippen molar-refractivity contribution < 1.29 is 9.59 Å². The molecule has 0 bridgehead atoms. The molecule has 2 amide bonds. The Labute approximate surface area is 115 Å². The van der Waals surface area contributed by atoms with Crippen LogP contribution in [0.25, 0.3) is 0 Å². The summed E-state index contributed by atoms with van der Waals surface area (Å²) in [5, 5.41) is 0.524. The smallest absolute Gasteiger partial charge is 0.264 e. The molecule has 0 N–H and O–H groups in total. The molecule has 1 heterocycles. The van der Waals surface area contributed by atoms with Crippen molar-refractivity contribution in [3.05, 3.63) is 35.9 Å². The number of hydrogen-bond donors (Lipinski definition) is 0. The maximum absolute atomic E-state index is 12.5. The Morgan fingerprint density at radius 2 is 2.11 bits per heavy atom. The predicted octanol–water partition coefficient (Wildman–Crippen LogP) is 2.02. The van der Waals surface area contributed by atoms with E-state index in [1.165, 1.54) is 23.6 Å². The Morgan fingerprint density at radius 3 is 2.63 bits per heavy atom. The molecule has 0 saturated heterocycles. The van der Waals surface area contributed by atoms with Gasteiger partial charge < -0.3 is 0 Å². The van der Waals surface area contributed by atoms with Gasteiger partial charge in [-0.15, -0.1) is 0 Å². The van der Waals surface area contributed by atoms with Gasteiger partial charge in [0, 0.05) is 12.8 Å². The summed E-state index contributed by atoms with van der Waals surface area (Å²) in [6.45, 7) is 1.41. The minimum atomic E-state index is -0.717. The van der Waals surface area contributed by atoms with Crippen molar-refractivity contribution in [2.24, 2.45) is 4.99 Å². The predicted molar refractivity (Wildman–Crippen MR) is 75.0 cm³/mol. The van der Waals surface area contributed by atoms with Crippen molar-refractivity contribution >= 4 is 28.7 Å². The first kappa shape index (κ1) is 12.4. The van der Waals surface area contributed by atoms with Crippen molar-refractivity contribution in [3.63, 3.8) is 0 Å². The first-order valence-electron chi connectivity index (χ1n) is 6.14. The van der Waals surface area contributed by atoms with Gasteiger partial charge in [0.05, 0.1) is 0 Å². The summed E-state index contributed by atoms with van der Waals surface area (Å²) >= 11 is 1.35. The molecule has 0 aromatic heterocycles. The van der Waals surface area contributed by atoms with Crippen molar-refractivity contribution in [2.75, 3.05) is 6.26 Å². The molecule has 1 aromatic rings. The van der Waals surface area contributed by atoms with Crippen LogP contribution in [0.5, 0.6) is 0 Å². The largest absolute Gasteiger partial charge is 0.274 e. The Kier molecular flexibility index (Phi) is 2.74. The third kappa shape index (κ3) is 1.72. The second-order valence-electron chi connectivity index (χ2n) is 4.85. The molecule has 19 heavy (non-hydrogen) atoms. The maximum Gasteiger partial charge on any atom is 0.264 e. The molecule has 1 spiro atoms. The lowest BCUT2D eigenvalue weighted by Gasteiger charge is -2.13. The van der Waals surface area contributed by atoms with Crippen LogP contribution < -0.4 is 0 Å². The third-order valence-electron chi connectivity index (χ3n) is 3.69. The Morgan fingerprint density at radius 1 is 1.42 bits per heavy atom. The highest BCUT2D eigenvalue weighted by Crippen LogP contribution is 2.58. The van der Waals surface area contributed by atoms with Gasteiger partial charge in [-0.05, 0) is 18.2 Å². The number of aliphatic imine (C=N–C) groups is 1. The van der Waals surface area contributed by atoms with E-state index < -0.39 is 5.54 Å². The van der Waals surface area contributed by atoms with E-state index in [0.717, 1.165) is 5.56 Å². The SMILES string of the molecule is CSC1=NC2(C[C@@H]2c2ccccc2)C(=O)N1C(C)=O. The van der Waals surface area contributed by atoms with Crippen LogP contribution in [-0.4, -0.2) is 33.7 Å². The number of thioether (sulfide) groups is 1. The van der Waals surface area contributed by atoms with Crippen LogP contribution in [0.1, 0.15) is 24.8 Å². The number of imide groups is 1. The highest BCUT2D eigenvalue weighted by molar-refractivity contribution is 8.13. The van der Waals surface area contributed by atoms with Crippen LogP contribution >= 0.6 is 11.8 Å². The Balaban J connectivity index is 1.94. The average Bonchev–Trinajstić information content (AvgIpc) is 3.06. The van der Waals surface area contributed by atoms with E-state index in [0.29, 0.717) is 11.6 Å². The lowest BCUT2D eigenvalue weighted by atomic mass is 10.1. The maximum atomic E-state index is 12.5. The monoisotopic (exact) mass is 274 g/mol. The summed E-state index contributed by atoms with van der Waals surface area (Å²) in [5.41, 5.74) is 0.399. The minimum absolute atomic E-state index is 0.104. The van der Waals surface area contributed by atoms with Crippen molar-refractivity contribution in [2.45, 2.75) is 24.8 Å².